The van der Waals surface area contributed by atoms with Gasteiger partial charge in [0.1, 0.15) is 5.52 Å². The number of benzene rings is 2. The van der Waals surface area contributed by atoms with E-state index in [4.69, 9.17) is 4.42 Å². The molecule has 0 unspecified atom stereocenters. The molecule has 0 saturated heterocycles. The molecule has 3 rings (SSSR count). The van der Waals surface area contributed by atoms with Crippen LogP contribution in [0.1, 0.15) is 42.6 Å². The molecule has 140 valence electrons. The average molecular weight is 363 g/mol. The SMILES string of the molecule is CN(C)C=Cc1nc2cc(NC(=O)c3ccc(C(C)(C)C)cc3)ccc2o1. The van der Waals surface area contributed by atoms with E-state index in [9.17, 15) is 4.79 Å². The van der Waals surface area contributed by atoms with Crippen molar-refractivity contribution in [1.29, 1.82) is 0 Å². The Hall–Kier alpha value is -3.08. The molecule has 1 heterocycles. The minimum atomic E-state index is -0.147. The van der Waals surface area contributed by atoms with Gasteiger partial charge in [0, 0.05) is 37.6 Å². The summed E-state index contributed by atoms with van der Waals surface area (Å²) in [5.41, 5.74) is 3.95. The quantitative estimate of drug-likeness (QED) is 0.715. The maximum atomic E-state index is 12.5. The van der Waals surface area contributed by atoms with Crippen LogP contribution in [0, 0.1) is 0 Å². The zero-order valence-electron chi connectivity index (χ0n) is 16.4. The number of amides is 1. The van der Waals surface area contributed by atoms with Crippen LogP contribution in [-0.2, 0) is 5.41 Å². The lowest BCUT2D eigenvalue weighted by Crippen LogP contribution is -2.14. The van der Waals surface area contributed by atoms with Gasteiger partial charge in [0.2, 0.25) is 5.89 Å². The molecule has 1 amide bonds. The van der Waals surface area contributed by atoms with Gasteiger partial charge in [-0.1, -0.05) is 32.9 Å². The number of aromatic nitrogens is 1. The molecule has 0 fully saturated rings. The van der Waals surface area contributed by atoms with Crippen molar-refractivity contribution in [1.82, 2.24) is 9.88 Å². The van der Waals surface area contributed by atoms with E-state index in [0.717, 1.165) is 0 Å². The first-order valence-corrected chi connectivity index (χ1v) is 8.89. The first kappa shape index (κ1) is 18.7. The summed E-state index contributed by atoms with van der Waals surface area (Å²) in [6.07, 6.45) is 3.67. The lowest BCUT2D eigenvalue weighted by molar-refractivity contribution is 0.102. The first-order valence-electron chi connectivity index (χ1n) is 8.89. The summed E-state index contributed by atoms with van der Waals surface area (Å²) >= 11 is 0. The van der Waals surface area contributed by atoms with Crippen molar-refractivity contribution in [2.75, 3.05) is 19.4 Å². The van der Waals surface area contributed by atoms with E-state index in [1.54, 1.807) is 6.08 Å². The lowest BCUT2D eigenvalue weighted by Gasteiger charge is -2.19. The molecule has 0 atom stereocenters. The van der Waals surface area contributed by atoms with Crippen molar-refractivity contribution >= 4 is 28.8 Å². The summed E-state index contributed by atoms with van der Waals surface area (Å²) in [5, 5.41) is 2.92. The highest BCUT2D eigenvalue weighted by atomic mass is 16.3. The molecule has 1 aromatic heterocycles. The fourth-order valence-electron chi connectivity index (χ4n) is 2.63. The van der Waals surface area contributed by atoms with Gasteiger partial charge < -0.3 is 14.6 Å². The Morgan fingerprint density at radius 2 is 1.81 bits per heavy atom. The molecule has 0 spiro atoms. The number of carbonyl (C=O) groups excluding carboxylic acids is 1. The Morgan fingerprint density at radius 1 is 1.11 bits per heavy atom. The summed E-state index contributed by atoms with van der Waals surface area (Å²) in [4.78, 5) is 18.9. The van der Waals surface area contributed by atoms with Crippen LogP contribution in [0.4, 0.5) is 5.69 Å². The predicted molar refractivity (Wildman–Crippen MR) is 110 cm³/mol. The third kappa shape index (κ3) is 4.56. The molecule has 27 heavy (non-hydrogen) atoms. The van der Waals surface area contributed by atoms with Crippen LogP contribution in [-0.4, -0.2) is 29.9 Å². The molecule has 1 N–H and O–H groups in total. The summed E-state index contributed by atoms with van der Waals surface area (Å²) < 4.78 is 5.67. The Balaban J connectivity index is 1.76. The highest BCUT2D eigenvalue weighted by Crippen LogP contribution is 2.23. The molecule has 0 aliphatic heterocycles. The zero-order chi connectivity index (χ0) is 19.6. The largest absolute Gasteiger partial charge is 0.437 e. The minimum Gasteiger partial charge on any atom is -0.437 e. The van der Waals surface area contributed by atoms with E-state index in [1.807, 2.05) is 67.7 Å². The average Bonchev–Trinajstić information content (AvgIpc) is 3.01. The van der Waals surface area contributed by atoms with Gasteiger partial charge >= 0.3 is 0 Å². The number of hydrogen-bond acceptors (Lipinski definition) is 4. The van der Waals surface area contributed by atoms with Gasteiger partial charge in [0.05, 0.1) is 0 Å². The van der Waals surface area contributed by atoms with Crippen molar-refractivity contribution in [3.63, 3.8) is 0 Å². The van der Waals surface area contributed by atoms with Crippen LogP contribution in [0.2, 0.25) is 0 Å². The molecular formula is C22H25N3O2. The van der Waals surface area contributed by atoms with Crippen LogP contribution in [0.15, 0.2) is 53.1 Å². The first-order chi connectivity index (χ1) is 12.7. The molecular weight excluding hydrogens is 338 g/mol. The van der Waals surface area contributed by atoms with E-state index in [-0.39, 0.29) is 11.3 Å². The fourth-order valence-corrected chi connectivity index (χ4v) is 2.63. The Morgan fingerprint density at radius 3 is 2.44 bits per heavy atom. The summed E-state index contributed by atoms with van der Waals surface area (Å²) in [5.74, 6) is 0.381. The Kier molecular flexibility index (Phi) is 5.04. The number of hydrogen-bond donors (Lipinski definition) is 1. The molecule has 0 saturated carbocycles. The molecule has 0 bridgehead atoms. The summed E-state index contributed by atoms with van der Waals surface area (Å²) in [6, 6.07) is 13.1. The second kappa shape index (κ2) is 7.27. The van der Waals surface area contributed by atoms with Gasteiger partial charge in [-0.2, -0.15) is 0 Å². The summed E-state index contributed by atoms with van der Waals surface area (Å²) in [7, 11) is 3.86. The Bertz CT molecular complexity index is 977. The van der Waals surface area contributed by atoms with E-state index >= 15 is 0 Å². The van der Waals surface area contributed by atoms with Crippen molar-refractivity contribution in [3.05, 3.63) is 65.7 Å². The van der Waals surface area contributed by atoms with Crippen LogP contribution in [0.3, 0.4) is 0 Å². The predicted octanol–water partition coefficient (Wildman–Crippen LogP) is 4.91. The van der Waals surface area contributed by atoms with Crippen LogP contribution >= 0.6 is 0 Å². The van der Waals surface area contributed by atoms with Crippen LogP contribution < -0.4 is 5.32 Å². The van der Waals surface area contributed by atoms with Crippen molar-refractivity contribution in [2.45, 2.75) is 26.2 Å². The molecule has 0 aliphatic rings. The second-order valence-electron chi connectivity index (χ2n) is 7.80. The van der Waals surface area contributed by atoms with E-state index < -0.39 is 0 Å². The topological polar surface area (TPSA) is 58.4 Å². The lowest BCUT2D eigenvalue weighted by atomic mass is 9.87. The van der Waals surface area contributed by atoms with Gasteiger partial charge in [-0.05, 0) is 41.3 Å². The van der Waals surface area contributed by atoms with Gasteiger partial charge in [0.15, 0.2) is 5.58 Å². The maximum Gasteiger partial charge on any atom is 0.255 e. The highest BCUT2D eigenvalue weighted by molar-refractivity contribution is 6.04. The normalized spacial score (nSPS) is 11.9. The molecule has 3 aromatic rings. The number of nitrogens with zero attached hydrogens (tertiary/aromatic N) is 2. The molecule has 0 aliphatic carbocycles. The maximum absolute atomic E-state index is 12.5. The molecule has 5 heteroatoms. The third-order valence-corrected chi connectivity index (χ3v) is 4.19. The molecule has 0 radical (unpaired) electrons. The van der Waals surface area contributed by atoms with Gasteiger partial charge in [-0.3, -0.25) is 4.79 Å². The number of anilines is 1. The van der Waals surface area contributed by atoms with E-state index in [2.05, 4.69) is 31.1 Å². The van der Waals surface area contributed by atoms with Crippen molar-refractivity contribution < 1.29 is 9.21 Å². The minimum absolute atomic E-state index is 0.0612. The number of fused-ring (bicyclic) bond motifs is 1. The highest BCUT2D eigenvalue weighted by Gasteiger charge is 2.14. The smallest absolute Gasteiger partial charge is 0.255 e. The molecule has 5 nitrogen and oxygen atoms in total. The van der Waals surface area contributed by atoms with Gasteiger partial charge in [0.25, 0.3) is 5.91 Å². The number of nitrogens with one attached hydrogen (secondary N) is 1. The zero-order valence-corrected chi connectivity index (χ0v) is 16.4. The van der Waals surface area contributed by atoms with Crippen molar-refractivity contribution in [3.8, 4) is 0 Å². The number of carbonyl (C=O) groups is 1. The van der Waals surface area contributed by atoms with E-state index in [1.165, 1.54) is 5.56 Å². The Labute approximate surface area is 159 Å². The monoisotopic (exact) mass is 363 g/mol. The fraction of sp³-hybridized carbons (Fsp3) is 0.273. The summed E-state index contributed by atoms with van der Waals surface area (Å²) in [6.45, 7) is 6.45. The molecule has 2 aromatic carbocycles. The number of rotatable bonds is 4. The second-order valence-corrected chi connectivity index (χ2v) is 7.80. The van der Waals surface area contributed by atoms with E-state index in [0.29, 0.717) is 28.2 Å². The van der Waals surface area contributed by atoms with Crippen LogP contribution in [0.5, 0.6) is 0 Å². The van der Waals surface area contributed by atoms with Gasteiger partial charge in [-0.15, -0.1) is 0 Å². The number of oxazole rings is 1. The third-order valence-electron chi connectivity index (χ3n) is 4.19. The van der Waals surface area contributed by atoms with Gasteiger partial charge in [-0.25, -0.2) is 4.98 Å². The van der Waals surface area contributed by atoms with Crippen LogP contribution in [0.25, 0.3) is 17.2 Å². The van der Waals surface area contributed by atoms with Crippen molar-refractivity contribution in [2.24, 2.45) is 0 Å². The standard InChI is InChI=1S/C22H25N3O2/c1-22(2,3)16-8-6-15(7-9-16)21(26)23-17-10-11-19-18(14-17)24-20(27-19)12-13-25(4)5/h6-14H,1-5H3,(H,23,26).